The molecule has 2 rings (SSSR count). The highest BCUT2D eigenvalue weighted by Crippen LogP contribution is 2.20. The van der Waals surface area contributed by atoms with Gasteiger partial charge in [0.2, 0.25) is 0 Å². The lowest BCUT2D eigenvalue weighted by atomic mass is 10.2. The summed E-state index contributed by atoms with van der Waals surface area (Å²) in [6, 6.07) is 14.3. The standard InChI is InChI=1S/C26H36O4/c1-3-5-7-9-11-21-29-24-16-18-25(19-17-24)30-26(27)22-12-14-23(15-13-22)28-20-10-8-6-4-2/h12-19H,3-11,20-21H2,1-2H3. The van der Waals surface area contributed by atoms with E-state index in [4.69, 9.17) is 14.2 Å². The molecule has 0 aromatic heterocycles. The van der Waals surface area contributed by atoms with E-state index in [1.54, 1.807) is 24.3 Å². The van der Waals surface area contributed by atoms with Gasteiger partial charge < -0.3 is 14.2 Å². The van der Waals surface area contributed by atoms with Gasteiger partial charge in [-0.25, -0.2) is 4.79 Å². The average molecular weight is 413 g/mol. The molecule has 0 radical (unpaired) electrons. The minimum Gasteiger partial charge on any atom is -0.494 e. The average Bonchev–Trinajstić information content (AvgIpc) is 2.77. The van der Waals surface area contributed by atoms with Gasteiger partial charge in [-0.05, 0) is 61.4 Å². The highest BCUT2D eigenvalue weighted by molar-refractivity contribution is 5.91. The summed E-state index contributed by atoms with van der Waals surface area (Å²) >= 11 is 0. The zero-order valence-corrected chi connectivity index (χ0v) is 18.5. The Labute approximate surface area is 181 Å². The summed E-state index contributed by atoms with van der Waals surface area (Å²) in [5, 5.41) is 0. The van der Waals surface area contributed by atoms with Crippen molar-refractivity contribution in [3.8, 4) is 17.2 Å². The van der Waals surface area contributed by atoms with Gasteiger partial charge in [0.1, 0.15) is 17.2 Å². The number of esters is 1. The van der Waals surface area contributed by atoms with Crippen molar-refractivity contribution in [1.82, 2.24) is 0 Å². The fourth-order valence-corrected chi connectivity index (χ4v) is 3.07. The van der Waals surface area contributed by atoms with Crippen molar-refractivity contribution in [1.29, 1.82) is 0 Å². The lowest BCUT2D eigenvalue weighted by molar-refractivity contribution is 0.0734. The number of benzene rings is 2. The van der Waals surface area contributed by atoms with Gasteiger partial charge in [-0.1, -0.05) is 58.8 Å². The number of rotatable bonds is 15. The molecule has 0 bridgehead atoms. The Hall–Kier alpha value is -2.49. The Bertz CT molecular complexity index is 707. The van der Waals surface area contributed by atoms with Crippen LogP contribution in [0.4, 0.5) is 0 Å². The van der Waals surface area contributed by atoms with Crippen LogP contribution in [0.2, 0.25) is 0 Å². The highest BCUT2D eigenvalue weighted by atomic mass is 16.5. The first-order valence-electron chi connectivity index (χ1n) is 11.4. The quantitative estimate of drug-likeness (QED) is 0.176. The molecule has 0 aliphatic carbocycles. The van der Waals surface area contributed by atoms with Crippen molar-refractivity contribution in [3.63, 3.8) is 0 Å². The van der Waals surface area contributed by atoms with Crippen LogP contribution < -0.4 is 14.2 Å². The number of carbonyl (C=O) groups excluding carboxylic acids is 1. The highest BCUT2D eigenvalue weighted by Gasteiger charge is 2.09. The molecular weight excluding hydrogens is 376 g/mol. The Morgan fingerprint density at radius 1 is 0.600 bits per heavy atom. The fraction of sp³-hybridized carbons (Fsp3) is 0.500. The molecular formula is C26H36O4. The Morgan fingerprint density at radius 3 is 1.57 bits per heavy atom. The van der Waals surface area contributed by atoms with Gasteiger partial charge in [0.05, 0.1) is 18.8 Å². The third kappa shape index (κ3) is 9.34. The number of ether oxygens (including phenoxy) is 3. The van der Waals surface area contributed by atoms with Crippen LogP contribution in [0.3, 0.4) is 0 Å². The molecule has 164 valence electrons. The SMILES string of the molecule is CCCCCCCOc1ccc(OC(=O)c2ccc(OCCCCCC)cc2)cc1. The third-order valence-electron chi connectivity index (χ3n) is 4.91. The van der Waals surface area contributed by atoms with Crippen molar-refractivity contribution >= 4 is 5.97 Å². The summed E-state index contributed by atoms with van der Waals surface area (Å²) in [5.41, 5.74) is 0.501. The van der Waals surface area contributed by atoms with Crippen LogP contribution in [0.5, 0.6) is 17.2 Å². The Balaban J connectivity index is 1.72. The second-order valence-corrected chi connectivity index (χ2v) is 7.56. The molecule has 0 aliphatic rings. The normalized spacial score (nSPS) is 10.6. The summed E-state index contributed by atoms with van der Waals surface area (Å²) in [6.07, 6.45) is 10.8. The summed E-state index contributed by atoms with van der Waals surface area (Å²) < 4.78 is 16.9. The van der Waals surface area contributed by atoms with E-state index in [9.17, 15) is 4.79 Å². The molecule has 0 unspecified atom stereocenters. The molecule has 0 N–H and O–H groups in total. The van der Waals surface area contributed by atoms with E-state index >= 15 is 0 Å². The van der Waals surface area contributed by atoms with E-state index in [2.05, 4.69) is 13.8 Å². The van der Waals surface area contributed by atoms with Gasteiger partial charge in [-0.15, -0.1) is 0 Å². The van der Waals surface area contributed by atoms with Gasteiger partial charge in [0.25, 0.3) is 0 Å². The first-order chi connectivity index (χ1) is 14.7. The predicted molar refractivity (Wildman–Crippen MR) is 122 cm³/mol. The molecule has 0 atom stereocenters. The van der Waals surface area contributed by atoms with Crippen molar-refractivity contribution in [3.05, 3.63) is 54.1 Å². The maximum absolute atomic E-state index is 12.3. The van der Waals surface area contributed by atoms with E-state index in [-0.39, 0.29) is 5.97 Å². The van der Waals surface area contributed by atoms with E-state index < -0.39 is 0 Å². The van der Waals surface area contributed by atoms with Crippen LogP contribution in [0, 0.1) is 0 Å². The largest absolute Gasteiger partial charge is 0.494 e. The van der Waals surface area contributed by atoms with Gasteiger partial charge in [0.15, 0.2) is 0 Å². The van der Waals surface area contributed by atoms with Gasteiger partial charge in [-0.3, -0.25) is 0 Å². The zero-order chi connectivity index (χ0) is 21.4. The van der Waals surface area contributed by atoms with Crippen molar-refractivity contribution in [2.24, 2.45) is 0 Å². The van der Waals surface area contributed by atoms with E-state index in [1.165, 1.54) is 44.9 Å². The van der Waals surface area contributed by atoms with Crippen molar-refractivity contribution < 1.29 is 19.0 Å². The molecule has 0 amide bonds. The maximum Gasteiger partial charge on any atom is 0.343 e. The second-order valence-electron chi connectivity index (χ2n) is 7.56. The Kier molecular flexibility index (Phi) is 11.5. The number of carbonyl (C=O) groups is 1. The van der Waals surface area contributed by atoms with E-state index in [0.717, 1.165) is 30.9 Å². The fourth-order valence-electron chi connectivity index (χ4n) is 3.07. The zero-order valence-electron chi connectivity index (χ0n) is 18.5. The molecule has 4 heteroatoms. The molecule has 0 fully saturated rings. The number of unbranched alkanes of at least 4 members (excludes halogenated alkanes) is 7. The first kappa shape index (κ1) is 23.8. The predicted octanol–water partition coefficient (Wildman–Crippen LogP) is 7.21. The molecule has 0 spiro atoms. The maximum atomic E-state index is 12.3. The summed E-state index contributed by atoms with van der Waals surface area (Å²) in [5.74, 6) is 1.70. The van der Waals surface area contributed by atoms with E-state index in [1.807, 2.05) is 24.3 Å². The smallest absolute Gasteiger partial charge is 0.343 e. The summed E-state index contributed by atoms with van der Waals surface area (Å²) in [6.45, 7) is 5.83. The van der Waals surface area contributed by atoms with Crippen molar-refractivity contribution in [2.45, 2.75) is 71.6 Å². The molecule has 30 heavy (non-hydrogen) atoms. The summed E-state index contributed by atoms with van der Waals surface area (Å²) in [4.78, 5) is 12.3. The number of hydrogen-bond donors (Lipinski definition) is 0. The molecule has 0 saturated heterocycles. The third-order valence-corrected chi connectivity index (χ3v) is 4.91. The van der Waals surface area contributed by atoms with Gasteiger partial charge in [-0.2, -0.15) is 0 Å². The van der Waals surface area contributed by atoms with E-state index in [0.29, 0.717) is 17.9 Å². The van der Waals surface area contributed by atoms with Crippen LogP contribution in [0.1, 0.15) is 82.0 Å². The molecule has 0 aliphatic heterocycles. The van der Waals surface area contributed by atoms with Gasteiger partial charge >= 0.3 is 5.97 Å². The first-order valence-corrected chi connectivity index (χ1v) is 11.4. The molecule has 2 aromatic carbocycles. The van der Waals surface area contributed by atoms with Gasteiger partial charge in [0, 0.05) is 0 Å². The summed E-state index contributed by atoms with van der Waals surface area (Å²) in [7, 11) is 0. The molecule has 4 nitrogen and oxygen atoms in total. The van der Waals surface area contributed by atoms with Crippen LogP contribution in [-0.2, 0) is 0 Å². The second kappa shape index (κ2) is 14.5. The monoisotopic (exact) mass is 412 g/mol. The van der Waals surface area contributed by atoms with Crippen LogP contribution in [0.15, 0.2) is 48.5 Å². The van der Waals surface area contributed by atoms with Crippen LogP contribution in [-0.4, -0.2) is 19.2 Å². The Morgan fingerprint density at radius 2 is 1.03 bits per heavy atom. The minimum atomic E-state index is -0.380. The molecule has 0 saturated carbocycles. The van der Waals surface area contributed by atoms with Crippen LogP contribution >= 0.6 is 0 Å². The number of hydrogen-bond acceptors (Lipinski definition) is 4. The van der Waals surface area contributed by atoms with Crippen molar-refractivity contribution in [2.75, 3.05) is 13.2 Å². The lowest BCUT2D eigenvalue weighted by Gasteiger charge is -2.09. The lowest BCUT2D eigenvalue weighted by Crippen LogP contribution is -2.08. The topological polar surface area (TPSA) is 44.8 Å². The minimum absolute atomic E-state index is 0.380. The molecule has 0 heterocycles. The van der Waals surface area contributed by atoms with Crippen LogP contribution in [0.25, 0.3) is 0 Å². The molecule has 2 aromatic rings.